The van der Waals surface area contributed by atoms with Gasteiger partial charge in [-0.1, -0.05) is 13.0 Å². The number of benzene rings is 1. The summed E-state index contributed by atoms with van der Waals surface area (Å²) in [7, 11) is 0. The first kappa shape index (κ1) is 27.9. The number of hydrogen-bond acceptors (Lipinski definition) is 11. The highest BCUT2D eigenvalue weighted by atomic mass is 16.5. The second-order valence-corrected chi connectivity index (χ2v) is 9.96. The Kier molecular flexibility index (Phi) is 8.95. The molecule has 0 bridgehead atoms. The zero-order valence-corrected chi connectivity index (χ0v) is 23.5. The van der Waals surface area contributed by atoms with Crippen molar-refractivity contribution in [3.8, 4) is 11.5 Å². The highest BCUT2D eigenvalue weighted by molar-refractivity contribution is 5.71. The van der Waals surface area contributed by atoms with E-state index in [2.05, 4.69) is 45.8 Å². The normalized spacial score (nSPS) is 15.7. The number of aromatic nitrogens is 5. The standard InChI is InChI=1S/C30H35N9O2/c1-4-21(3)41-28(40)18-24-19-31-16-17-39(24)23-10-8-22(9-11-23)35-30-33-15-13-27(38-30)36-26-12-14-32-29(37-26)25-7-5-6-20(2)34-25/h5-15,21,24,31H,4,16-19H2,1-3H3,(H2,32,33,35,36,37,38). The van der Waals surface area contributed by atoms with Crippen LogP contribution in [0.5, 0.6) is 0 Å². The molecule has 0 saturated carbocycles. The van der Waals surface area contributed by atoms with E-state index in [0.29, 0.717) is 35.5 Å². The summed E-state index contributed by atoms with van der Waals surface area (Å²) in [6.07, 6.45) is 4.46. The molecular weight excluding hydrogens is 518 g/mol. The van der Waals surface area contributed by atoms with Gasteiger partial charge in [0.2, 0.25) is 5.95 Å². The summed E-state index contributed by atoms with van der Waals surface area (Å²) in [5.74, 6) is 2.02. The molecule has 2 atom stereocenters. The third kappa shape index (κ3) is 7.52. The zero-order valence-electron chi connectivity index (χ0n) is 23.5. The number of rotatable bonds is 10. The summed E-state index contributed by atoms with van der Waals surface area (Å²) in [5, 5.41) is 9.88. The fourth-order valence-electron chi connectivity index (χ4n) is 4.54. The molecule has 4 aromatic rings. The fourth-order valence-corrected chi connectivity index (χ4v) is 4.54. The Morgan fingerprint density at radius 3 is 2.59 bits per heavy atom. The number of nitrogens with one attached hydrogen (secondary N) is 3. The lowest BCUT2D eigenvalue weighted by Crippen LogP contribution is -2.52. The van der Waals surface area contributed by atoms with Crippen LogP contribution in [0.15, 0.2) is 67.0 Å². The Balaban J connectivity index is 1.23. The molecule has 0 radical (unpaired) electrons. The summed E-state index contributed by atoms with van der Waals surface area (Å²) in [6.45, 7) is 8.28. The molecule has 3 aromatic heterocycles. The second kappa shape index (κ2) is 13.1. The highest BCUT2D eigenvalue weighted by Gasteiger charge is 2.26. The van der Waals surface area contributed by atoms with E-state index in [1.807, 2.05) is 63.2 Å². The first-order valence-corrected chi connectivity index (χ1v) is 13.9. The maximum absolute atomic E-state index is 12.4. The molecule has 0 aliphatic carbocycles. The quantitative estimate of drug-likeness (QED) is 0.238. The third-order valence-electron chi connectivity index (χ3n) is 6.80. The van der Waals surface area contributed by atoms with Gasteiger partial charge in [0.05, 0.1) is 18.6 Å². The van der Waals surface area contributed by atoms with Gasteiger partial charge in [-0.15, -0.1) is 0 Å². The summed E-state index contributed by atoms with van der Waals surface area (Å²) in [5.41, 5.74) is 3.51. The van der Waals surface area contributed by atoms with Gasteiger partial charge in [-0.2, -0.15) is 4.98 Å². The lowest BCUT2D eigenvalue weighted by atomic mass is 10.1. The largest absolute Gasteiger partial charge is 0.463 e. The number of carbonyl (C=O) groups excluding carboxylic acids is 1. The van der Waals surface area contributed by atoms with Crippen LogP contribution in [0.4, 0.5) is 29.0 Å². The van der Waals surface area contributed by atoms with Crippen LogP contribution in [0, 0.1) is 6.92 Å². The van der Waals surface area contributed by atoms with Crippen LogP contribution in [0.1, 0.15) is 32.4 Å². The van der Waals surface area contributed by atoms with Gasteiger partial charge >= 0.3 is 5.97 Å². The molecule has 4 heterocycles. The molecule has 0 amide bonds. The smallest absolute Gasteiger partial charge is 0.308 e. The summed E-state index contributed by atoms with van der Waals surface area (Å²) in [6, 6.07) is 17.4. The molecule has 2 unspecified atom stereocenters. The van der Waals surface area contributed by atoms with E-state index in [0.717, 1.165) is 43.1 Å². The van der Waals surface area contributed by atoms with E-state index in [9.17, 15) is 4.79 Å². The Bertz CT molecular complexity index is 1460. The maximum Gasteiger partial charge on any atom is 0.308 e. The average molecular weight is 554 g/mol. The van der Waals surface area contributed by atoms with Crippen molar-refractivity contribution in [2.75, 3.05) is 35.2 Å². The van der Waals surface area contributed by atoms with Crippen molar-refractivity contribution in [3.05, 3.63) is 72.7 Å². The van der Waals surface area contributed by atoms with Gasteiger partial charge in [0.25, 0.3) is 0 Å². The topological polar surface area (TPSA) is 130 Å². The zero-order chi connectivity index (χ0) is 28.6. The van der Waals surface area contributed by atoms with Crippen molar-refractivity contribution in [3.63, 3.8) is 0 Å². The number of esters is 1. The van der Waals surface area contributed by atoms with Crippen molar-refractivity contribution < 1.29 is 9.53 Å². The van der Waals surface area contributed by atoms with Gasteiger partial charge in [0.1, 0.15) is 17.3 Å². The summed E-state index contributed by atoms with van der Waals surface area (Å²) in [4.78, 5) is 37.1. The minimum absolute atomic E-state index is 0.0363. The van der Waals surface area contributed by atoms with E-state index >= 15 is 0 Å². The number of carbonyl (C=O) groups is 1. The van der Waals surface area contributed by atoms with E-state index in [1.165, 1.54) is 0 Å². The van der Waals surface area contributed by atoms with Gasteiger partial charge in [0, 0.05) is 49.1 Å². The highest BCUT2D eigenvalue weighted by Crippen LogP contribution is 2.25. The molecule has 0 spiro atoms. The van der Waals surface area contributed by atoms with Crippen LogP contribution in [-0.4, -0.2) is 62.7 Å². The van der Waals surface area contributed by atoms with Crippen molar-refractivity contribution in [1.82, 2.24) is 30.2 Å². The molecule has 1 aliphatic heterocycles. The molecule has 41 heavy (non-hydrogen) atoms. The van der Waals surface area contributed by atoms with Crippen LogP contribution >= 0.6 is 0 Å². The lowest BCUT2D eigenvalue weighted by Gasteiger charge is -2.37. The molecule has 5 rings (SSSR count). The summed E-state index contributed by atoms with van der Waals surface area (Å²) < 4.78 is 5.52. The molecule has 11 heteroatoms. The van der Waals surface area contributed by atoms with Crippen molar-refractivity contribution in [2.24, 2.45) is 0 Å². The van der Waals surface area contributed by atoms with Crippen LogP contribution in [0.25, 0.3) is 11.5 Å². The van der Waals surface area contributed by atoms with Gasteiger partial charge < -0.3 is 25.6 Å². The van der Waals surface area contributed by atoms with E-state index in [-0.39, 0.29) is 18.1 Å². The van der Waals surface area contributed by atoms with E-state index in [4.69, 9.17) is 4.74 Å². The first-order valence-electron chi connectivity index (χ1n) is 13.9. The SMILES string of the molecule is CCC(C)OC(=O)CC1CNCCN1c1ccc(Nc2nccc(Nc3ccnc(-c4cccc(C)n4)n3)n2)cc1. The van der Waals surface area contributed by atoms with E-state index in [1.54, 1.807) is 24.5 Å². The van der Waals surface area contributed by atoms with Gasteiger partial charge in [-0.25, -0.2) is 19.9 Å². The number of hydrogen-bond donors (Lipinski definition) is 3. The van der Waals surface area contributed by atoms with Crippen LogP contribution in [0.3, 0.4) is 0 Å². The van der Waals surface area contributed by atoms with Crippen LogP contribution < -0.4 is 20.9 Å². The second-order valence-electron chi connectivity index (χ2n) is 9.96. The fraction of sp³-hybridized carbons (Fsp3) is 0.333. The Hall–Kier alpha value is -4.64. The third-order valence-corrected chi connectivity index (χ3v) is 6.80. The Labute approximate surface area is 239 Å². The van der Waals surface area contributed by atoms with Gasteiger partial charge in [-0.3, -0.25) is 4.79 Å². The average Bonchev–Trinajstić information content (AvgIpc) is 2.98. The number of nitrogens with zero attached hydrogens (tertiary/aromatic N) is 6. The van der Waals surface area contributed by atoms with Crippen molar-refractivity contribution in [2.45, 2.75) is 45.8 Å². The van der Waals surface area contributed by atoms with Crippen molar-refractivity contribution >= 4 is 34.9 Å². The minimum Gasteiger partial charge on any atom is -0.463 e. The predicted molar refractivity (Wildman–Crippen MR) is 160 cm³/mol. The molecule has 1 saturated heterocycles. The molecule has 1 aromatic carbocycles. The van der Waals surface area contributed by atoms with Gasteiger partial charge in [0.15, 0.2) is 5.82 Å². The molecule has 212 valence electrons. The summed E-state index contributed by atoms with van der Waals surface area (Å²) >= 11 is 0. The minimum atomic E-state index is -0.160. The number of pyridine rings is 1. The monoisotopic (exact) mass is 553 g/mol. The molecule has 11 nitrogen and oxygen atoms in total. The molecule has 3 N–H and O–H groups in total. The number of anilines is 5. The number of piperazine rings is 1. The Morgan fingerprint density at radius 1 is 1.02 bits per heavy atom. The molecule has 1 fully saturated rings. The number of ether oxygens (including phenoxy) is 1. The van der Waals surface area contributed by atoms with Crippen molar-refractivity contribution in [1.29, 1.82) is 0 Å². The maximum atomic E-state index is 12.4. The van der Waals surface area contributed by atoms with E-state index < -0.39 is 0 Å². The molecular formula is C30H35N9O2. The Morgan fingerprint density at radius 2 is 1.80 bits per heavy atom. The van der Waals surface area contributed by atoms with Crippen LogP contribution in [-0.2, 0) is 9.53 Å². The number of aryl methyl sites for hydroxylation is 1. The molecule has 1 aliphatic rings. The lowest BCUT2D eigenvalue weighted by molar-refractivity contribution is -0.148. The predicted octanol–water partition coefficient (Wildman–Crippen LogP) is 4.63. The van der Waals surface area contributed by atoms with Crippen LogP contribution in [0.2, 0.25) is 0 Å². The van der Waals surface area contributed by atoms with Gasteiger partial charge in [-0.05, 0) is 68.8 Å². The first-order chi connectivity index (χ1) is 20.0.